The van der Waals surface area contributed by atoms with Gasteiger partial charge in [0.25, 0.3) is 11.6 Å². The fourth-order valence-corrected chi connectivity index (χ4v) is 2.78. The van der Waals surface area contributed by atoms with Gasteiger partial charge in [-0.05, 0) is 28.5 Å². The number of hydrogen-bond acceptors (Lipinski definition) is 5. The first-order valence-electron chi connectivity index (χ1n) is 7.95. The molecule has 0 atom stereocenters. The lowest BCUT2D eigenvalue weighted by atomic mass is 10.0. The molecule has 1 aromatic heterocycles. The average molecular weight is 343 g/mol. The molecule has 4 aromatic rings. The zero-order valence-corrected chi connectivity index (χ0v) is 13.6. The van der Waals surface area contributed by atoms with Crippen LogP contribution in [0.15, 0.2) is 71.1 Å². The van der Waals surface area contributed by atoms with Gasteiger partial charge in [-0.25, -0.2) is 0 Å². The van der Waals surface area contributed by atoms with E-state index >= 15 is 0 Å². The summed E-state index contributed by atoms with van der Waals surface area (Å²) in [5.74, 6) is 0.404. The summed E-state index contributed by atoms with van der Waals surface area (Å²) in [5.41, 5.74) is 1.25. The second-order valence-corrected chi connectivity index (χ2v) is 5.62. The first kappa shape index (κ1) is 15.7. The second kappa shape index (κ2) is 6.60. The molecular formula is C20H13N3O3. The van der Waals surface area contributed by atoms with Crippen molar-refractivity contribution in [1.29, 1.82) is 0 Å². The number of para-hydroxylation sites is 1. The van der Waals surface area contributed by atoms with E-state index in [4.69, 9.17) is 4.42 Å². The van der Waals surface area contributed by atoms with E-state index in [2.05, 4.69) is 10.2 Å². The van der Waals surface area contributed by atoms with Gasteiger partial charge < -0.3 is 4.42 Å². The molecule has 4 rings (SSSR count). The Bertz CT molecular complexity index is 1130. The third kappa shape index (κ3) is 2.95. The Labute approximate surface area is 148 Å². The van der Waals surface area contributed by atoms with E-state index in [1.807, 2.05) is 48.5 Å². The van der Waals surface area contributed by atoms with Gasteiger partial charge in [-0.15, -0.1) is 10.2 Å². The molecule has 0 saturated carbocycles. The van der Waals surface area contributed by atoms with Gasteiger partial charge in [0.05, 0.1) is 4.92 Å². The van der Waals surface area contributed by atoms with Crippen molar-refractivity contribution in [2.45, 2.75) is 0 Å². The van der Waals surface area contributed by atoms with Crippen LogP contribution in [0.4, 0.5) is 5.69 Å². The molecule has 0 fully saturated rings. The number of aromatic nitrogens is 2. The lowest BCUT2D eigenvalue weighted by Crippen LogP contribution is -1.91. The van der Waals surface area contributed by atoms with Crippen LogP contribution in [0.25, 0.3) is 34.4 Å². The first-order chi connectivity index (χ1) is 12.7. The van der Waals surface area contributed by atoms with Gasteiger partial charge in [0.2, 0.25) is 5.89 Å². The number of rotatable bonds is 4. The molecule has 3 aromatic carbocycles. The number of nitro benzene ring substituents is 1. The molecule has 26 heavy (non-hydrogen) atoms. The molecule has 0 saturated heterocycles. The summed E-state index contributed by atoms with van der Waals surface area (Å²) in [6, 6.07) is 20.4. The van der Waals surface area contributed by atoms with Gasteiger partial charge in [0, 0.05) is 12.1 Å². The quantitative estimate of drug-likeness (QED) is 0.386. The summed E-state index contributed by atoms with van der Waals surface area (Å²) < 4.78 is 5.58. The van der Waals surface area contributed by atoms with Crippen molar-refractivity contribution in [2.75, 3.05) is 0 Å². The van der Waals surface area contributed by atoms with Crippen molar-refractivity contribution in [2.24, 2.45) is 0 Å². The molecular weight excluding hydrogens is 330 g/mol. The zero-order chi connectivity index (χ0) is 17.9. The Hall–Kier alpha value is -3.80. The van der Waals surface area contributed by atoms with Crippen LogP contribution in [0.1, 0.15) is 11.5 Å². The minimum atomic E-state index is -0.467. The smallest absolute Gasteiger partial charge is 0.282 e. The summed E-state index contributed by atoms with van der Waals surface area (Å²) >= 11 is 0. The van der Waals surface area contributed by atoms with Crippen molar-refractivity contribution < 1.29 is 9.34 Å². The Morgan fingerprint density at radius 1 is 0.885 bits per heavy atom. The Kier molecular flexibility index (Phi) is 3.99. The van der Waals surface area contributed by atoms with Gasteiger partial charge in [0.15, 0.2) is 0 Å². The largest absolute Gasteiger partial charge is 0.417 e. The minimum absolute atomic E-state index is 0.0688. The molecule has 0 radical (unpaired) electrons. The van der Waals surface area contributed by atoms with Crippen LogP contribution in [0.3, 0.4) is 0 Å². The van der Waals surface area contributed by atoms with Crippen LogP contribution in [0, 0.1) is 10.1 Å². The normalized spacial score (nSPS) is 11.2. The van der Waals surface area contributed by atoms with E-state index in [1.54, 1.807) is 24.3 Å². The van der Waals surface area contributed by atoms with Gasteiger partial charge in [-0.2, -0.15) is 0 Å². The molecule has 6 heteroatoms. The molecule has 0 unspecified atom stereocenters. The molecule has 0 aliphatic heterocycles. The van der Waals surface area contributed by atoms with Crippen molar-refractivity contribution in [3.63, 3.8) is 0 Å². The monoisotopic (exact) mass is 343 g/mol. The summed E-state index contributed by atoms with van der Waals surface area (Å²) in [4.78, 5) is 10.7. The maximum absolute atomic E-state index is 11.1. The highest BCUT2D eigenvalue weighted by atomic mass is 16.6. The molecule has 0 amide bonds. The summed E-state index contributed by atoms with van der Waals surface area (Å²) in [6.45, 7) is 0. The van der Waals surface area contributed by atoms with Gasteiger partial charge in [0.1, 0.15) is 5.56 Å². The van der Waals surface area contributed by atoms with E-state index in [0.29, 0.717) is 5.56 Å². The molecule has 0 aliphatic rings. The van der Waals surface area contributed by atoms with E-state index in [1.165, 1.54) is 6.07 Å². The minimum Gasteiger partial charge on any atom is -0.417 e. The summed E-state index contributed by atoms with van der Waals surface area (Å²) in [5, 5.41) is 21.3. The van der Waals surface area contributed by atoms with Gasteiger partial charge >= 0.3 is 0 Å². The molecule has 0 bridgehead atoms. The lowest BCUT2D eigenvalue weighted by molar-refractivity contribution is -0.384. The highest BCUT2D eigenvalue weighted by molar-refractivity contribution is 5.92. The first-order valence-corrected chi connectivity index (χ1v) is 7.95. The van der Waals surface area contributed by atoms with E-state index in [9.17, 15) is 10.1 Å². The Morgan fingerprint density at radius 3 is 2.54 bits per heavy atom. The van der Waals surface area contributed by atoms with E-state index < -0.39 is 4.92 Å². The standard InChI is InChI=1S/C20H13N3O3/c24-23(25)18-11-4-3-10-17(18)20-22-21-19(26-20)13-12-15-8-5-7-14-6-1-2-9-16(14)15/h1-13H. The SMILES string of the molecule is O=[N+]([O-])c1ccccc1-c1nnc(C=Cc2cccc3ccccc23)o1. The summed E-state index contributed by atoms with van der Waals surface area (Å²) in [6.07, 6.45) is 3.59. The Morgan fingerprint density at radius 2 is 1.65 bits per heavy atom. The third-order valence-corrected chi connectivity index (χ3v) is 4.00. The summed E-state index contributed by atoms with van der Waals surface area (Å²) in [7, 11) is 0. The van der Waals surface area contributed by atoms with Crippen LogP contribution in [-0.2, 0) is 0 Å². The Balaban J connectivity index is 1.67. The average Bonchev–Trinajstić information content (AvgIpc) is 3.15. The number of nitrogens with zero attached hydrogens (tertiary/aromatic N) is 3. The fourth-order valence-electron chi connectivity index (χ4n) is 2.78. The zero-order valence-electron chi connectivity index (χ0n) is 13.6. The maximum Gasteiger partial charge on any atom is 0.282 e. The van der Waals surface area contributed by atoms with Crippen molar-refractivity contribution in [1.82, 2.24) is 10.2 Å². The number of fused-ring (bicyclic) bond motifs is 1. The second-order valence-electron chi connectivity index (χ2n) is 5.62. The van der Waals surface area contributed by atoms with Crippen molar-refractivity contribution in [3.8, 4) is 11.5 Å². The molecule has 0 aliphatic carbocycles. The predicted molar refractivity (Wildman–Crippen MR) is 99.3 cm³/mol. The highest BCUT2D eigenvalue weighted by Gasteiger charge is 2.18. The fraction of sp³-hybridized carbons (Fsp3) is 0. The number of nitro groups is 1. The molecule has 126 valence electrons. The van der Waals surface area contributed by atoms with Crippen LogP contribution in [0.2, 0.25) is 0 Å². The van der Waals surface area contributed by atoms with E-state index in [0.717, 1.165) is 16.3 Å². The number of hydrogen-bond donors (Lipinski definition) is 0. The van der Waals surface area contributed by atoms with Gasteiger partial charge in [-0.1, -0.05) is 54.6 Å². The third-order valence-electron chi connectivity index (χ3n) is 4.00. The topological polar surface area (TPSA) is 82.1 Å². The molecule has 6 nitrogen and oxygen atoms in total. The molecule has 1 heterocycles. The lowest BCUT2D eigenvalue weighted by Gasteiger charge is -2.00. The van der Waals surface area contributed by atoms with Crippen LogP contribution < -0.4 is 0 Å². The van der Waals surface area contributed by atoms with Crippen LogP contribution >= 0.6 is 0 Å². The van der Waals surface area contributed by atoms with Crippen LogP contribution in [-0.4, -0.2) is 15.1 Å². The van der Waals surface area contributed by atoms with Crippen molar-refractivity contribution in [3.05, 3.63) is 88.3 Å². The maximum atomic E-state index is 11.1. The molecule has 0 spiro atoms. The van der Waals surface area contributed by atoms with Crippen molar-refractivity contribution >= 4 is 28.6 Å². The predicted octanol–water partition coefficient (Wildman–Crippen LogP) is 4.97. The highest BCUT2D eigenvalue weighted by Crippen LogP contribution is 2.28. The number of benzene rings is 3. The van der Waals surface area contributed by atoms with E-state index in [-0.39, 0.29) is 17.5 Å². The molecule has 0 N–H and O–H groups in total. The van der Waals surface area contributed by atoms with Crippen LogP contribution in [0.5, 0.6) is 0 Å². The van der Waals surface area contributed by atoms with Gasteiger partial charge in [-0.3, -0.25) is 10.1 Å².